The molecule has 1 aromatic rings. The summed E-state index contributed by atoms with van der Waals surface area (Å²) in [7, 11) is 1.91. The lowest BCUT2D eigenvalue weighted by molar-refractivity contribution is -0.157. The molecule has 1 saturated heterocycles. The number of carbonyl (C=O) groups is 2. The van der Waals surface area contributed by atoms with Gasteiger partial charge < -0.3 is 14.8 Å². The summed E-state index contributed by atoms with van der Waals surface area (Å²) in [6.07, 6.45) is 3.56. The van der Waals surface area contributed by atoms with Crippen molar-refractivity contribution in [1.82, 2.24) is 15.1 Å². The summed E-state index contributed by atoms with van der Waals surface area (Å²) in [6, 6.07) is 8.94. The molecule has 1 aromatic carbocycles. The van der Waals surface area contributed by atoms with Crippen LogP contribution in [0, 0.1) is 0 Å². The normalized spacial score (nSPS) is 20.9. The van der Waals surface area contributed by atoms with Gasteiger partial charge in [0.2, 0.25) is 0 Å². The van der Waals surface area contributed by atoms with Crippen molar-refractivity contribution in [3.8, 4) is 0 Å². The molecular formula is C21H31N3O4. The van der Waals surface area contributed by atoms with Gasteiger partial charge in [0.05, 0.1) is 0 Å². The number of hydrogen-bond donors (Lipinski definition) is 1. The summed E-state index contributed by atoms with van der Waals surface area (Å²) in [5.41, 5.74) is 0.925. The minimum atomic E-state index is -0.616. The molecule has 1 saturated carbocycles. The maximum Gasteiger partial charge on any atom is 0.410 e. The van der Waals surface area contributed by atoms with Crippen LogP contribution in [0.3, 0.4) is 0 Å². The Morgan fingerprint density at radius 3 is 2.61 bits per heavy atom. The Morgan fingerprint density at radius 1 is 1.14 bits per heavy atom. The smallest absolute Gasteiger partial charge is 0.410 e. The standard InChI is InChI=1S/C21H31N3O4/c1-22-11-12-23-13-14-24(21(26)27-16-17-7-3-2-4-8-17)19(15-23)20(25)28-18-9-5-6-10-18/h2-4,7-8,18-19,22H,5-6,9-16H2,1H3. The lowest BCUT2D eigenvalue weighted by Crippen LogP contribution is -2.59. The van der Waals surface area contributed by atoms with Crippen molar-refractivity contribution in [3.05, 3.63) is 35.9 Å². The molecule has 7 heteroatoms. The quantitative estimate of drug-likeness (QED) is 0.720. The minimum Gasteiger partial charge on any atom is -0.461 e. The molecule has 0 spiro atoms. The van der Waals surface area contributed by atoms with Crippen LogP contribution in [0.15, 0.2) is 30.3 Å². The Bertz CT molecular complexity index is 634. The van der Waals surface area contributed by atoms with Gasteiger partial charge in [-0.05, 0) is 38.3 Å². The molecular weight excluding hydrogens is 358 g/mol. The van der Waals surface area contributed by atoms with Gasteiger partial charge >= 0.3 is 12.1 Å². The largest absolute Gasteiger partial charge is 0.461 e. The minimum absolute atomic E-state index is 0.0117. The zero-order valence-corrected chi connectivity index (χ0v) is 16.6. The summed E-state index contributed by atoms with van der Waals surface area (Å²) < 4.78 is 11.2. The third-order valence-electron chi connectivity index (χ3n) is 5.44. The third kappa shape index (κ3) is 5.69. The van der Waals surface area contributed by atoms with Gasteiger partial charge in [0.25, 0.3) is 0 Å². The first kappa shape index (κ1) is 20.6. The van der Waals surface area contributed by atoms with Crippen LogP contribution in [-0.2, 0) is 20.9 Å². The Labute approximate surface area is 167 Å². The Hall–Kier alpha value is -2.12. The SMILES string of the molecule is CNCCN1CCN(C(=O)OCc2ccccc2)C(C(=O)OC2CCCC2)C1. The summed E-state index contributed by atoms with van der Waals surface area (Å²) in [6.45, 7) is 3.52. The fourth-order valence-electron chi connectivity index (χ4n) is 3.78. The Kier molecular flexibility index (Phi) is 7.68. The van der Waals surface area contributed by atoms with Gasteiger partial charge in [0.1, 0.15) is 18.8 Å². The molecule has 1 atom stereocenters. The first-order valence-electron chi connectivity index (χ1n) is 10.2. The van der Waals surface area contributed by atoms with Crippen molar-refractivity contribution in [2.24, 2.45) is 0 Å². The fourth-order valence-corrected chi connectivity index (χ4v) is 3.78. The number of rotatable bonds is 7. The second kappa shape index (κ2) is 10.4. The molecule has 2 aliphatic rings. The van der Waals surface area contributed by atoms with E-state index in [1.807, 2.05) is 37.4 Å². The monoisotopic (exact) mass is 389 g/mol. The van der Waals surface area contributed by atoms with E-state index in [0.29, 0.717) is 13.1 Å². The third-order valence-corrected chi connectivity index (χ3v) is 5.44. The van der Waals surface area contributed by atoms with E-state index in [4.69, 9.17) is 9.47 Å². The summed E-state index contributed by atoms with van der Waals surface area (Å²) >= 11 is 0. The zero-order valence-electron chi connectivity index (χ0n) is 16.6. The van der Waals surface area contributed by atoms with E-state index in [1.54, 1.807) is 0 Å². The number of hydrogen-bond acceptors (Lipinski definition) is 6. The van der Waals surface area contributed by atoms with E-state index in [9.17, 15) is 9.59 Å². The molecule has 1 N–H and O–H groups in total. The number of benzene rings is 1. The molecule has 7 nitrogen and oxygen atoms in total. The van der Waals surface area contributed by atoms with Gasteiger partial charge in [-0.25, -0.2) is 9.59 Å². The molecule has 0 aromatic heterocycles. The van der Waals surface area contributed by atoms with Crippen LogP contribution in [0.4, 0.5) is 4.79 Å². The van der Waals surface area contributed by atoms with Gasteiger partial charge in [-0.3, -0.25) is 9.80 Å². The van der Waals surface area contributed by atoms with Gasteiger partial charge in [-0.15, -0.1) is 0 Å². The topological polar surface area (TPSA) is 71.1 Å². The van der Waals surface area contributed by atoms with Crippen molar-refractivity contribution >= 4 is 12.1 Å². The molecule has 1 aliphatic heterocycles. The number of amides is 1. The van der Waals surface area contributed by atoms with E-state index < -0.39 is 12.1 Å². The molecule has 1 unspecified atom stereocenters. The van der Waals surface area contributed by atoms with Crippen molar-refractivity contribution in [2.75, 3.05) is 39.8 Å². The van der Waals surface area contributed by atoms with Crippen LogP contribution in [-0.4, -0.2) is 73.8 Å². The highest BCUT2D eigenvalue weighted by molar-refractivity contribution is 5.82. The zero-order chi connectivity index (χ0) is 19.8. The van der Waals surface area contributed by atoms with Crippen molar-refractivity contribution in [3.63, 3.8) is 0 Å². The van der Waals surface area contributed by atoms with Crippen LogP contribution in [0.2, 0.25) is 0 Å². The van der Waals surface area contributed by atoms with Crippen molar-refractivity contribution < 1.29 is 19.1 Å². The predicted octanol–water partition coefficient (Wildman–Crippen LogP) is 2.01. The van der Waals surface area contributed by atoms with E-state index in [2.05, 4.69) is 10.2 Å². The van der Waals surface area contributed by atoms with Crippen LogP contribution >= 0.6 is 0 Å². The van der Waals surface area contributed by atoms with Gasteiger partial charge in [0.15, 0.2) is 0 Å². The second-order valence-electron chi connectivity index (χ2n) is 7.50. The van der Waals surface area contributed by atoms with Crippen LogP contribution in [0.5, 0.6) is 0 Å². The Morgan fingerprint density at radius 2 is 1.89 bits per heavy atom. The predicted molar refractivity (Wildman–Crippen MR) is 106 cm³/mol. The second-order valence-corrected chi connectivity index (χ2v) is 7.50. The summed E-state index contributed by atoms with van der Waals surface area (Å²) in [4.78, 5) is 29.3. The number of ether oxygens (including phenoxy) is 2. The molecule has 154 valence electrons. The van der Waals surface area contributed by atoms with Crippen molar-refractivity contribution in [1.29, 1.82) is 0 Å². The molecule has 1 heterocycles. The maximum absolute atomic E-state index is 12.8. The first-order chi connectivity index (χ1) is 13.7. The average Bonchev–Trinajstić information content (AvgIpc) is 3.24. The molecule has 28 heavy (non-hydrogen) atoms. The number of nitrogens with one attached hydrogen (secondary N) is 1. The van der Waals surface area contributed by atoms with Gasteiger partial charge in [0, 0.05) is 32.7 Å². The molecule has 3 rings (SSSR count). The summed E-state index contributed by atoms with van der Waals surface area (Å²) in [5, 5.41) is 3.13. The highest BCUT2D eigenvalue weighted by Crippen LogP contribution is 2.23. The van der Waals surface area contributed by atoms with E-state index in [1.165, 1.54) is 4.90 Å². The average molecular weight is 389 g/mol. The van der Waals surface area contributed by atoms with Crippen LogP contribution < -0.4 is 5.32 Å². The highest BCUT2D eigenvalue weighted by Gasteiger charge is 2.38. The number of nitrogens with zero attached hydrogens (tertiary/aromatic N) is 2. The fraction of sp³-hybridized carbons (Fsp3) is 0.619. The van der Waals surface area contributed by atoms with E-state index in [-0.39, 0.29) is 18.7 Å². The molecule has 2 fully saturated rings. The maximum atomic E-state index is 12.8. The number of piperazine rings is 1. The van der Waals surface area contributed by atoms with Gasteiger partial charge in [-0.1, -0.05) is 30.3 Å². The molecule has 1 amide bonds. The van der Waals surface area contributed by atoms with Gasteiger partial charge in [-0.2, -0.15) is 0 Å². The van der Waals surface area contributed by atoms with Crippen molar-refractivity contribution in [2.45, 2.75) is 44.4 Å². The summed E-state index contributed by atoms with van der Waals surface area (Å²) in [5.74, 6) is -0.308. The number of carbonyl (C=O) groups excluding carboxylic acids is 2. The molecule has 1 aliphatic carbocycles. The number of esters is 1. The Balaban J connectivity index is 1.61. The number of likely N-dealkylation sites (N-methyl/N-ethyl adjacent to an activating group) is 1. The lowest BCUT2D eigenvalue weighted by Gasteiger charge is -2.39. The highest BCUT2D eigenvalue weighted by atomic mass is 16.6. The molecule has 0 radical (unpaired) electrons. The molecule has 0 bridgehead atoms. The van der Waals surface area contributed by atoms with E-state index >= 15 is 0 Å². The van der Waals surface area contributed by atoms with E-state index in [0.717, 1.165) is 50.9 Å². The van der Waals surface area contributed by atoms with Crippen LogP contribution in [0.25, 0.3) is 0 Å². The van der Waals surface area contributed by atoms with Crippen LogP contribution in [0.1, 0.15) is 31.2 Å². The lowest BCUT2D eigenvalue weighted by atomic mass is 10.1. The first-order valence-corrected chi connectivity index (χ1v) is 10.2.